The van der Waals surface area contributed by atoms with E-state index in [1.807, 2.05) is 0 Å². The minimum atomic E-state index is -4.40. The molecule has 0 saturated carbocycles. The number of amides is 2. The number of alkyl halides is 3. The standard InChI is InChI=1S/C16H18F3N5O2/c1-26-10-13-8-24(22-21-13)14-6-7-23(9-14)15(25)20-12-4-2-11(3-5-12)16(17,18)19/h2-5,8,14H,6-7,9-10H2,1H3,(H,20,25). The number of aromatic nitrogens is 3. The van der Waals surface area contributed by atoms with E-state index >= 15 is 0 Å². The number of ether oxygens (including phenoxy) is 1. The van der Waals surface area contributed by atoms with E-state index in [1.165, 1.54) is 12.1 Å². The number of benzene rings is 1. The second-order valence-corrected chi connectivity index (χ2v) is 6.02. The Balaban J connectivity index is 1.57. The summed E-state index contributed by atoms with van der Waals surface area (Å²) in [6.45, 7) is 1.34. The van der Waals surface area contributed by atoms with Gasteiger partial charge >= 0.3 is 12.2 Å². The van der Waals surface area contributed by atoms with Crippen LogP contribution in [-0.4, -0.2) is 46.1 Å². The molecule has 0 bridgehead atoms. The van der Waals surface area contributed by atoms with Crippen LogP contribution in [0.4, 0.5) is 23.7 Å². The molecular formula is C16H18F3N5O2. The number of halogens is 3. The van der Waals surface area contributed by atoms with Gasteiger partial charge in [-0.3, -0.25) is 0 Å². The van der Waals surface area contributed by atoms with Gasteiger partial charge in [0.25, 0.3) is 0 Å². The molecular weight excluding hydrogens is 351 g/mol. The van der Waals surface area contributed by atoms with E-state index in [2.05, 4.69) is 15.6 Å². The molecule has 2 amide bonds. The maximum absolute atomic E-state index is 12.6. The maximum Gasteiger partial charge on any atom is 0.416 e. The van der Waals surface area contributed by atoms with Crippen molar-refractivity contribution in [3.05, 3.63) is 41.7 Å². The summed E-state index contributed by atoms with van der Waals surface area (Å²) in [6, 6.07) is 4.01. The third kappa shape index (κ3) is 4.13. The zero-order valence-electron chi connectivity index (χ0n) is 14.0. The predicted molar refractivity (Wildman–Crippen MR) is 86.4 cm³/mol. The van der Waals surface area contributed by atoms with Gasteiger partial charge in [0.1, 0.15) is 5.69 Å². The number of likely N-dealkylation sites (tertiary alicyclic amines) is 1. The smallest absolute Gasteiger partial charge is 0.378 e. The van der Waals surface area contributed by atoms with Crippen molar-refractivity contribution in [1.29, 1.82) is 0 Å². The number of nitrogens with zero attached hydrogens (tertiary/aromatic N) is 4. The first-order valence-corrected chi connectivity index (χ1v) is 7.99. The van der Waals surface area contributed by atoms with Gasteiger partial charge in [-0.15, -0.1) is 5.10 Å². The van der Waals surface area contributed by atoms with Gasteiger partial charge in [-0.1, -0.05) is 5.21 Å². The Bertz CT molecular complexity index is 760. The molecule has 0 aliphatic carbocycles. The van der Waals surface area contributed by atoms with Crippen molar-refractivity contribution in [3.63, 3.8) is 0 Å². The summed E-state index contributed by atoms with van der Waals surface area (Å²) in [5, 5.41) is 10.7. The van der Waals surface area contributed by atoms with Crippen LogP contribution in [0.1, 0.15) is 23.7 Å². The lowest BCUT2D eigenvalue weighted by atomic mass is 10.2. The van der Waals surface area contributed by atoms with Crippen molar-refractivity contribution in [3.8, 4) is 0 Å². The number of hydrogen-bond acceptors (Lipinski definition) is 4. The average molecular weight is 369 g/mol. The highest BCUT2D eigenvalue weighted by atomic mass is 19.4. The van der Waals surface area contributed by atoms with Crippen molar-refractivity contribution < 1.29 is 22.7 Å². The van der Waals surface area contributed by atoms with Crippen LogP contribution in [0.15, 0.2) is 30.5 Å². The van der Waals surface area contributed by atoms with Crippen molar-refractivity contribution >= 4 is 11.7 Å². The fourth-order valence-corrected chi connectivity index (χ4v) is 2.79. The minimum Gasteiger partial charge on any atom is -0.378 e. The van der Waals surface area contributed by atoms with Crippen LogP contribution < -0.4 is 5.32 Å². The number of urea groups is 1. The molecule has 1 fully saturated rings. The number of hydrogen-bond donors (Lipinski definition) is 1. The van der Waals surface area contributed by atoms with Crippen molar-refractivity contribution in [2.45, 2.75) is 25.2 Å². The zero-order chi connectivity index (χ0) is 18.7. The Labute approximate surface area is 147 Å². The van der Waals surface area contributed by atoms with Gasteiger partial charge in [-0.05, 0) is 30.7 Å². The zero-order valence-corrected chi connectivity index (χ0v) is 14.0. The second-order valence-electron chi connectivity index (χ2n) is 6.02. The van der Waals surface area contributed by atoms with Crippen molar-refractivity contribution in [2.24, 2.45) is 0 Å². The van der Waals surface area contributed by atoms with Gasteiger partial charge < -0.3 is 15.0 Å². The molecule has 0 spiro atoms. The van der Waals surface area contributed by atoms with E-state index in [0.717, 1.165) is 18.6 Å². The Hall–Kier alpha value is -2.62. The van der Waals surface area contributed by atoms with E-state index in [0.29, 0.717) is 31.1 Å². The quantitative estimate of drug-likeness (QED) is 0.900. The SMILES string of the molecule is COCc1cn(C2CCN(C(=O)Nc3ccc(C(F)(F)F)cc3)C2)nn1. The highest BCUT2D eigenvalue weighted by molar-refractivity contribution is 5.89. The minimum absolute atomic E-state index is 0.00598. The van der Waals surface area contributed by atoms with E-state index in [9.17, 15) is 18.0 Å². The molecule has 1 atom stereocenters. The Kier molecular flexibility index (Phi) is 5.12. The van der Waals surface area contributed by atoms with E-state index in [4.69, 9.17) is 4.74 Å². The lowest BCUT2D eigenvalue weighted by Crippen LogP contribution is -2.33. The molecule has 3 rings (SSSR count). The first kappa shape index (κ1) is 18.2. The van der Waals surface area contributed by atoms with Gasteiger partial charge in [0.05, 0.1) is 24.4 Å². The lowest BCUT2D eigenvalue weighted by molar-refractivity contribution is -0.137. The summed E-state index contributed by atoms with van der Waals surface area (Å²) in [6.07, 6.45) is -1.90. The largest absolute Gasteiger partial charge is 0.416 e. The molecule has 10 heteroatoms. The first-order valence-electron chi connectivity index (χ1n) is 7.99. The Morgan fingerprint density at radius 2 is 2.08 bits per heavy atom. The summed E-state index contributed by atoms with van der Waals surface area (Å²) in [4.78, 5) is 13.9. The first-order chi connectivity index (χ1) is 12.4. The summed E-state index contributed by atoms with van der Waals surface area (Å²) >= 11 is 0. The molecule has 1 saturated heterocycles. The molecule has 1 aliphatic rings. The third-order valence-corrected chi connectivity index (χ3v) is 4.14. The molecule has 0 radical (unpaired) electrons. The summed E-state index contributed by atoms with van der Waals surface area (Å²) in [5.41, 5.74) is 0.268. The topological polar surface area (TPSA) is 72.3 Å². The summed E-state index contributed by atoms with van der Waals surface area (Å²) in [5.74, 6) is 0. The van der Waals surface area contributed by atoms with Crippen LogP contribution in [0.3, 0.4) is 0 Å². The molecule has 1 aliphatic heterocycles. The van der Waals surface area contributed by atoms with Gasteiger partial charge in [-0.25, -0.2) is 9.48 Å². The highest BCUT2D eigenvalue weighted by Crippen LogP contribution is 2.30. The number of nitrogens with one attached hydrogen (secondary N) is 1. The van der Waals surface area contributed by atoms with Crippen molar-refractivity contribution in [1.82, 2.24) is 19.9 Å². The van der Waals surface area contributed by atoms with E-state index in [-0.39, 0.29) is 12.1 Å². The Morgan fingerprint density at radius 1 is 1.35 bits per heavy atom. The van der Waals surface area contributed by atoms with Crippen molar-refractivity contribution in [2.75, 3.05) is 25.5 Å². The molecule has 1 N–H and O–H groups in total. The van der Waals surface area contributed by atoms with Gasteiger partial charge in [-0.2, -0.15) is 13.2 Å². The molecule has 26 heavy (non-hydrogen) atoms. The van der Waals surface area contributed by atoms with Crippen LogP contribution in [0.5, 0.6) is 0 Å². The van der Waals surface area contributed by atoms with E-state index < -0.39 is 11.7 Å². The van der Waals surface area contributed by atoms with Gasteiger partial charge in [0, 0.05) is 25.9 Å². The van der Waals surface area contributed by atoms with Gasteiger partial charge in [0.2, 0.25) is 0 Å². The number of rotatable bonds is 4. The average Bonchev–Trinajstić information content (AvgIpc) is 3.24. The van der Waals surface area contributed by atoms with Gasteiger partial charge in [0.15, 0.2) is 0 Å². The summed E-state index contributed by atoms with van der Waals surface area (Å²) in [7, 11) is 1.57. The highest BCUT2D eigenvalue weighted by Gasteiger charge is 2.31. The monoisotopic (exact) mass is 369 g/mol. The summed E-state index contributed by atoms with van der Waals surface area (Å²) < 4.78 is 44.4. The number of anilines is 1. The molecule has 2 heterocycles. The lowest BCUT2D eigenvalue weighted by Gasteiger charge is -2.17. The molecule has 2 aromatic rings. The molecule has 7 nitrogen and oxygen atoms in total. The number of methoxy groups -OCH3 is 1. The number of carbonyl (C=O) groups excluding carboxylic acids is 1. The van der Waals surface area contributed by atoms with E-state index in [1.54, 1.807) is 22.9 Å². The predicted octanol–water partition coefficient (Wildman–Crippen LogP) is 2.92. The van der Waals surface area contributed by atoms with Crippen LogP contribution in [-0.2, 0) is 17.5 Å². The Morgan fingerprint density at radius 3 is 2.73 bits per heavy atom. The second kappa shape index (κ2) is 7.32. The fourth-order valence-electron chi connectivity index (χ4n) is 2.79. The normalized spacial score (nSPS) is 17.5. The molecule has 140 valence electrons. The molecule has 1 aromatic heterocycles. The van der Waals surface area contributed by atoms with Crippen LogP contribution >= 0.6 is 0 Å². The third-order valence-electron chi connectivity index (χ3n) is 4.14. The van der Waals surface area contributed by atoms with Crippen LogP contribution in [0, 0.1) is 0 Å². The maximum atomic E-state index is 12.6. The van der Waals surface area contributed by atoms with Crippen LogP contribution in [0.25, 0.3) is 0 Å². The number of carbonyl (C=O) groups is 1. The molecule has 1 aromatic carbocycles. The molecule has 1 unspecified atom stereocenters. The van der Waals surface area contributed by atoms with Crippen LogP contribution in [0.2, 0.25) is 0 Å². The fraction of sp³-hybridized carbons (Fsp3) is 0.438.